The molecule has 104 valence electrons. The highest BCUT2D eigenvalue weighted by Gasteiger charge is 2.28. The van der Waals surface area contributed by atoms with Crippen molar-refractivity contribution in [1.82, 2.24) is 15.2 Å². The standard InChI is InChI=1S/C13H20N4OS/c18-12(11-2-1-3-14-10-11)16-5-7-17(8-6-16)13-15-4-9-19-13/h4,9,11,14H,1-3,5-8,10H2/t11-/m1/s1. The van der Waals surface area contributed by atoms with Gasteiger partial charge in [0, 0.05) is 44.3 Å². The Bertz CT molecular complexity index is 408. The summed E-state index contributed by atoms with van der Waals surface area (Å²) in [4.78, 5) is 21.0. The Balaban J connectivity index is 1.53. The van der Waals surface area contributed by atoms with Gasteiger partial charge in [0.1, 0.15) is 0 Å². The number of piperazine rings is 1. The van der Waals surface area contributed by atoms with Gasteiger partial charge in [0.2, 0.25) is 5.91 Å². The number of thiazole rings is 1. The predicted molar refractivity (Wildman–Crippen MR) is 76.5 cm³/mol. The first-order valence-corrected chi connectivity index (χ1v) is 7.86. The summed E-state index contributed by atoms with van der Waals surface area (Å²) in [5.41, 5.74) is 0. The Morgan fingerprint density at radius 3 is 2.84 bits per heavy atom. The number of amides is 1. The molecule has 3 rings (SSSR count). The minimum Gasteiger partial charge on any atom is -0.345 e. The number of anilines is 1. The van der Waals surface area contributed by atoms with E-state index in [2.05, 4.69) is 15.2 Å². The van der Waals surface area contributed by atoms with Crippen LogP contribution in [-0.4, -0.2) is 55.1 Å². The Labute approximate surface area is 117 Å². The number of rotatable bonds is 2. The minimum absolute atomic E-state index is 0.195. The van der Waals surface area contributed by atoms with Crippen molar-refractivity contribution >= 4 is 22.4 Å². The number of nitrogens with zero attached hydrogens (tertiary/aromatic N) is 3. The molecule has 1 aromatic heterocycles. The Morgan fingerprint density at radius 1 is 1.37 bits per heavy atom. The molecule has 3 heterocycles. The molecule has 1 aromatic rings. The van der Waals surface area contributed by atoms with Crippen LogP contribution in [0.4, 0.5) is 5.13 Å². The van der Waals surface area contributed by atoms with Crippen LogP contribution in [0.25, 0.3) is 0 Å². The fourth-order valence-corrected chi connectivity index (χ4v) is 3.51. The van der Waals surface area contributed by atoms with Crippen LogP contribution in [0.1, 0.15) is 12.8 Å². The van der Waals surface area contributed by atoms with E-state index in [4.69, 9.17) is 0 Å². The highest BCUT2D eigenvalue weighted by Crippen LogP contribution is 2.20. The van der Waals surface area contributed by atoms with Gasteiger partial charge in [-0.2, -0.15) is 0 Å². The SMILES string of the molecule is O=C([C@@H]1CCCNC1)N1CCN(c2nccs2)CC1. The second kappa shape index (κ2) is 5.88. The highest BCUT2D eigenvalue weighted by molar-refractivity contribution is 7.13. The van der Waals surface area contributed by atoms with Crippen LogP contribution in [0.2, 0.25) is 0 Å². The molecule has 0 aromatic carbocycles. The molecule has 0 aliphatic carbocycles. The van der Waals surface area contributed by atoms with Crippen molar-refractivity contribution in [3.05, 3.63) is 11.6 Å². The number of piperidine rings is 1. The summed E-state index contributed by atoms with van der Waals surface area (Å²) in [6.07, 6.45) is 4.00. The number of carbonyl (C=O) groups is 1. The first-order chi connectivity index (χ1) is 9.34. The largest absolute Gasteiger partial charge is 0.345 e. The van der Waals surface area contributed by atoms with Gasteiger partial charge in [0.05, 0.1) is 5.92 Å². The highest BCUT2D eigenvalue weighted by atomic mass is 32.1. The smallest absolute Gasteiger partial charge is 0.227 e. The third-order valence-corrected chi connectivity index (χ3v) is 4.76. The lowest BCUT2D eigenvalue weighted by atomic mass is 9.98. The second-order valence-electron chi connectivity index (χ2n) is 5.17. The van der Waals surface area contributed by atoms with Crippen LogP contribution in [0, 0.1) is 5.92 Å². The van der Waals surface area contributed by atoms with Crippen molar-refractivity contribution in [2.24, 2.45) is 5.92 Å². The van der Waals surface area contributed by atoms with Crippen LogP contribution in [0.15, 0.2) is 11.6 Å². The van der Waals surface area contributed by atoms with E-state index in [9.17, 15) is 4.79 Å². The van der Waals surface area contributed by atoms with Crippen LogP contribution < -0.4 is 10.2 Å². The molecular weight excluding hydrogens is 260 g/mol. The number of carbonyl (C=O) groups excluding carboxylic acids is 1. The summed E-state index contributed by atoms with van der Waals surface area (Å²) in [5, 5.41) is 6.40. The maximum absolute atomic E-state index is 12.4. The molecule has 1 amide bonds. The molecule has 2 aliphatic rings. The van der Waals surface area contributed by atoms with Crippen LogP contribution >= 0.6 is 11.3 Å². The average Bonchev–Trinajstić information content (AvgIpc) is 3.02. The van der Waals surface area contributed by atoms with E-state index < -0.39 is 0 Å². The minimum atomic E-state index is 0.195. The first-order valence-electron chi connectivity index (χ1n) is 6.98. The summed E-state index contributed by atoms with van der Waals surface area (Å²) in [6.45, 7) is 5.37. The zero-order chi connectivity index (χ0) is 13.1. The van der Waals surface area contributed by atoms with Crippen LogP contribution in [0.3, 0.4) is 0 Å². The van der Waals surface area contributed by atoms with E-state index in [1.807, 2.05) is 16.5 Å². The van der Waals surface area contributed by atoms with Gasteiger partial charge in [-0.1, -0.05) is 0 Å². The molecule has 6 heteroatoms. The van der Waals surface area contributed by atoms with Crippen molar-refractivity contribution in [3.63, 3.8) is 0 Å². The van der Waals surface area contributed by atoms with E-state index in [0.717, 1.165) is 57.2 Å². The first kappa shape index (κ1) is 12.9. The molecule has 1 atom stereocenters. The average molecular weight is 280 g/mol. The summed E-state index contributed by atoms with van der Waals surface area (Å²) in [6, 6.07) is 0. The van der Waals surface area contributed by atoms with Gasteiger partial charge in [-0.15, -0.1) is 11.3 Å². The molecule has 0 unspecified atom stereocenters. The van der Waals surface area contributed by atoms with Crippen molar-refractivity contribution in [2.75, 3.05) is 44.2 Å². The maximum atomic E-state index is 12.4. The van der Waals surface area contributed by atoms with Gasteiger partial charge in [0.25, 0.3) is 0 Å². The zero-order valence-corrected chi connectivity index (χ0v) is 11.9. The van der Waals surface area contributed by atoms with Gasteiger partial charge in [0.15, 0.2) is 5.13 Å². The molecule has 0 radical (unpaired) electrons. The van der Waals surface area contributed by atoms with E-state index in [-0.39, 0.29) is 5.92 Å². The van der Waals surface area contributed by atoms with E-state index >= 15 is 0 Å². The Kier molecular flexibility index (Phi) is 3.98. The molecule has 2 saturated heterocycles. The molecular formula is C13H20N4OS. The predicted octanol–water partition coefficient (Wildman–Crippen LogP) is 0.791. The normalized spacial score (nSPS) is 24.5. The zero-order valence-electron chi connectivity index (χ0n) is 11.0. The lowest BCUT2D eigenvalue weighted by Crippen LogP contribution is -2.52. The molecule has 1 N–H and O–H groups in total. The van der Waals surface area contributed by atoms with Crippen LogP contribution in [0.5, 0.6) is 0 Å². The summed E-state index contributed by atoms with van der Waals surface area (Å²) in [5.74, 6) is 0.533. The van der Waals surface area contributed by atoms with Gasteiger partial charge in [-0.25, -0.2) is 4.98 Å². The number of hydrogen-bond acceptors (Lipinski definition) is 5. The topological polar surface area (TPSA) is 48.5 Å². The molecule has 0 saturated carbocycles. The van der Waals surface area contributed by atoms with Crippen molar-refractivity contribution in [3.8, 4) is 0 Å². The van der Waals surface area contributed by atoms with Crippen molar-refractivity contribution < 1.29 is 4.79 Å². The van der Waals surface area contributed by atoms with E-state index in [1.165, 1.54) is 0 Å². The van der Waals surface area contributed by atoms with E-state index in [1.54, 1.807) is 11.3 Å². The number of nitrogens with one attached hydrogen (secondary N) is 1. The Morgan fingerprint density at radius 2 is 2.21 bits per heavy atom. The summed E-state index contributed by atoms with van der Waals surface area (Å²) < 4.78 is 0. The fraction of sp³-hybridized carbons (Fsp3) is 0.692. The Hall–Kier alpha value is -1.14. The third-order valence-electron chi connectivity index (χ3n) is 3.93. The quantitative estimate of drug-likeness (QED) is 0.870. The van der Waals surface area contributed by atoms with Crippen molar-refractivity contribution in [1.29, 1.82) is 0 Å². The molecule has 2 aliphatic heterocycles. The number of hydrogen-bond donors (Lipinski definition) is 1. The number of aromatic nitrogens is 1. The molecule has 0 bridgehead atoms. The van der Waals surface area contributed by atoms with Crippen molar-refractivity contribution in [2.45, 2.75) is 12.8 Å². The lowest BCUT2D eigenvalue weighted by Gasteiger charge is -2.37. The van der Waals surface area contributed by atoms with E-state index in [0.29, 0.717) is 5.91 Å². The van der Waals surface area contributed by atoms with Gasteiger partial charge >= 0.3 is 0 Å². The maximum Gasteiger partial charge on any atom is 0.227 e. The van der Waals surface area contributed by atoms with Gasteiger partial charge in [-0.05, 0) is 19.4 Å². The summed E-state index contributed by atoms with van der Waals surface area (Å²) in [7, 11) is 0. The van der Waals surface area contributed by atoms with Crippen LogP contribution in [-0.2, 0) is 4.79 Å². The van der Waals surface area contributed by atoms with Gasteiger partial charge in [-0.3, -0.25) is 4.79 Å². The third kappa shape index (κ3) is 2.90. The van der Waals surface area contributed by atoms with Gasteiger partial charge < -0.3 is 15.1 Å². The molecule has 2 fully saturated rings. The molecule has 19 heavy (non-hydrogen) atoms. The summed E-state index contributed by atoms with van der Waals surface area (Å²) >= 11 is 1.67. The lowest BCUT2D eigenvalue weighted by molar-refractivity contribution is -0.136. The molecule has 0 spiro atoms. The monoisotopic (exact) mass is 280 g/mol. The second-order valence-corrected chi connectivity index (χ2v) is 6.04. The fourth-order valence-electron chi connectivity index (χ4n) is 2.81. The molecule has 5 nitrogen and oxygen atoms in total.